The van der Waals surface area contributed by atoms with Gasteiger partial charge in [0.15, 0.2) is 11.5 Å². The predicted octanol–water partition coefficient (Wildman–Crippen LogP) is 4.84. The number of aryl methyl sites for hydroxylation is 1. The number of methoxy groups -OCH3 is 3. The lowest BCUT2D eigenvalue weighted by atomic mass is 10.1. The van der Waals surface area contributed by atoms with Crippen molar-refractivity contribution in [1.29, 1.82) is 0 Å². The van der Waals surface area contributed by atoms with Crippen LogP contribution in [0.3, 0.4) is 0 Å². The van der Waals surface area contributed by atoms with Crippen molar-refractivity contribution in [3.05, 3.63) is 66.0 Å². The fourth-order valence-electron chi connectivity index (χ4n) is 3.87. The number of fused-ring (bicyclic) bond motifs is 1. The number of ether oxygens (including phenoxy) is 3. The summed E-state index contributed by atoms with van der Waals surface area (Å²) in [5, 5.41) is 1.00. The largest absolute Gasteiger partial charge is 0.493 e. The fraction of sp³-hybridized carbons (Fsp3) is 0.280. The van der Waals surface area contributed by atoms with Gasteiger partial charge in [-0.05, 0) is 23.6 Å². The Labute approximate surface area is 188 Å². The van der Waals surface area contributed by atoms with Crippen molar-refractivity contribution in [1.82, 2.24) is 14.5 Å². The Hall–Kier alpha value is -3.74. The number of aromatic nitrogens is 3. The lowest BCUT2D eigenvalue weighted by Crippen LogP contribution is -2.14. The third kappa shape index (κ3) is 3.93. The Morgan fingerprint density at radius 2 is 1.62 bits per heavy atom. The predicted molar refractivity (Wildman–Crippen MR) is 127 cm³/mol. The zero-order valence-electron chi connectivity index (χ0n) is 19.1. The van der Waals surface area contributed by atoms with Crippen LogP contribution in [-0.2, 0) is 13.0 Å². The number of rotatable bonds is 8. The van der Waals surface area contributed by atoms with E-state index in [0.717, 1.165) is 29.7 Å². The molecule has 4 aromatic rings. The maximum atomic E-state index is 5.49. The highest BCUT2D eigenvalue weighted by Crippen LogP contribution is 2.41. The van der Waals surface area contributed by atoms with Crippen molar-refractivity contribution in [2.45, 2.75) is 19.9 Å². The number of nitrogens with zero attached hydrogens (tertiary/aromatic N) is 4. The van der Waals surface area contributed by atoms with E-state index in [1.165, 1.54) is 11.1 Å². The van der Waals surface area contributed by atoms with Crippen LogP contribution in [0.15, 0.2) is 54.9 Å². The summed E-state index contributed by atoms with van der Waals surface area (Å²) in [6, 6.07) is 14.3. The molecule has 0 aliphatic heterocycles. The number of anilines is 2. The Bertz CT molecular complexity index is 1210. The maximum Gasteiger partial charge on any atom is 0.231 e. The topological polar surface area (TPSA) is 61.6 Å². The van der Waals surface area contributed by atoms with Crippen LogP contribution in [0.2, 0.25) is 0 Å². The van der Waals surface area contributed by atoms with Gasteiger partial charge >= 0.3 is 0 Å². The van der Waals surface area contributed by atoms with Crippen LogP contribution in [0.25, 0.3) is 11.0 Å². The molecule has 4 rings (SSSR count). The molecule has 2 heterocycles. The third-order valence-corrected chi connectivity index (χ3v) is 5.67. The van der Waals surface area contributed by atoms with Crippen molar-refractivity contribution in [3.63, 3.8) is 0 Å². The summed E-state index contributed by atoms with van der Waals surface area (Å²) in [5.41, 5.74) is 4.36. The lowest BCUT2D eigenvalue weighted by Gasteiger charge is -2.21. The molecule has 0 aliphatic rings. The van der Waals surface area contributed by atoms with Crippen LogP contribution in [0, 0.1) is 0 Å². The first-order chi connectivity index (χ1) is 15.6. The van der Waals surface area contributed by atoms with Crippen LogP contribution in [-0.4, -0.2) is 42.9 Å². The third-order valence-electron chi connectivity index (χ3n) is 5.67. The van der Waals surface area contributed by atoms with Gasteiger partial charge in [-0.3, -0.25) is 0 Å². The number of hydrogen-bond acceptors (Lipinski definition) is 6. The Kier molecular flexibility index (Phi) is 6.16. The van der Waals surface area contributed by atoms with Gasteiger partial charge in [0.25, 0.3) is 0 Å². The van der Waals surface area contributed by atoms with Gasteiger partial charge in [-0.1, -0.05) is 31.2 Å². The van der Waals surface area contributed by atoms with Crippen LogP contribution in [0.1, 0.15) is 18.1 Å². The minimum Gasteiger partial charge on any atom is -0.493 e. The number of hydrogen-bond donors (Lipinski definition) is 0. The Morgan fingerprint density at radius 1 is 0.938 bits per heavy atom. The summed E-state index contributed by atoms with van der Waals surface area (Å²) in [6.07, 6.45) is 4.92. The van der Waals surface area contributed by atoms with E-state index in [1.807, 2.05) is 36.3 Å². The van der Waals surface area contributed by atoms with E-state index in [9.17, 15) is 0 Å². The van der Waals surface area contributed by atoms with Gasteiger partial charge in [0, 0.05) is 43.5 Å². The van der Waals surface area contributed by atoms with Crippen molar-refractivity contribution in [3.8, 4) is 17.2 Å². The molecule has 0 radical (unpaired) electrons. The maximum absolute atomic E-state index is 5.49. The second-order valence-corrected chi connectivity index (χ2v) is 7.46. The van der Waals surface area contributed by atoms with Crippen LogP contribution >= 0.6 is 0 Å². The second-order valence-electron chi connectivity index (χ2n) is 7.46. The van der Waals surface area contributed by atoms with Crippen molar-refractivity contribution < 1.29 is 14.2 Å². The van der Waals surface area contributed by atoms with E-state index in [0.29, 0.717) is 23.2 Å². The molecule has 7 nitrogen and oxygen atoms in total. The quantitative estimate of drug-likeness (QED) is 0.397. The van der Waals surface area contributed by atoms with E-state index >= 15 is 0 Å². The molecule has 0 bridgehead atoms. The molecular weight excluding hydrogens is 404 g/mol. The first-order valence-corrected chi connectivity index (χ1v) is 10.5. The first kappa shape index (κ1) is 21.5. The number of benzene rings is 2. The van der Waals surface area contributed by atoms with E-state index in [-0.39, 0.29) is 0 Å². The summed E-state index contributed by atoms with van der Waals surface area (Å²) in [6.45, 7) is 2.94. The van der Waals surface area contributed by atoms with Gasteiger partial charge < -0.3 is 23.7 Å². The first-order valence-electron chi connectivity index (χ1n) is 10.5. The molecule has 0 unspecified atom stereocenters. The van der Waals surface area contributed by atoms with Crippen molar-refractivity contribution in [2.75, 3.05) is 33.3 Å². The van der Waals surface area contributed by atoms with Gasteiger partial charge in [-0.2, -0.15) is 4.98 Å². The van der Waals surface area contributed by atoms with Crippen molar-refractivity contribution >= 4 is 22.7 Å². The van der Waals surface area contributed by atoms with Gasteiger partial charge in [-0.15, -0.1) is 0 Å². The summed E-state index contributed by atoms with van der Waals surface area (Å²) in [4.78, 5) is 11.4. The van der Waals surface area contributed by atoms with Gasteiger partial charge in [0.1, 0.15) is 5.65 Å². The summed E-state index contributed by atoms with van der Waals surface area (Å²) in [7, 11) is 6.71. The minimum atomic E-state index is 0.548. The Morgan fingerprint density at radius 3 is 2.25 bits per heavy atom. The molecular formula is C25H28N4O3. The molecule has 0 atom stereocenters. The molecule has 166 valence electrons. The molecule has 0 saturated carbocycles. The molecule has 0 amide bonds. The molecule has 0 fully saturated rings. The van der Waals surface area contributed by atoms with E-state index in [4.69, 9.17) is 19.2 Å². The summed E-state index contributed by atoms with van der Waals surface area (Å²) in [5.74, 6) is 2.28. The highest BCUT2D eigenvalue weighted by molar-refractivity contribution is 5.77. The monoisotopic (exact) mass is 432 g/mol. The summed E-state index contributed by atoms with van der Waals surface area (Å²) >= 11 is 0. The fourth-order valence-corrected chi connectivity index (χ4v) is 3.87. The molecule has 0 saturated heterocycles. The van der Waals surface area contributed by atoms with E-state index in [2.05, 4.69) is 46.9 Å². The van der Waals surface area contributed by atoms with Crippen LogP contribution < -0.4 is 19.1 Å². The standard InChI is InChI=1S/C25H28N4O3/c1-6-17-9-7-8-10-19(17)16-29-12-11-18-15-26-25(27-24(18)29)28(2)20-13-21(30-3)23(32-5)22(14-20)31-4/h7-15H,6,16H2,1-5H3. The minimum absolute atomic E-state index is 0.548. The van der Waals surface area contributed by atoms with Crippen molar-refractivity contribution in [2.24, 2.45) is 0 Å². The van der Waals surface area contributed by atoms with E-state index < -0.39 is 0 Å². The SMILES string of the molecule is CCc1ccccc1Cn1ccc2cnc(N(C)c3cc(OC)c(OC)c(OC)c3)nc21. The average molecular weight is 433 g/mol. The molecule has 7 heteroatoms. The molecule has 0 spiro atoms. The molecule has 0 aliphatic carbocycles. The smallest absolute Gasteiger partial charge is 0.231 e. The molecule has 2 aromatic carbocycles. The normalized spacial score (nSPS) is 10.9. The van der Waals surface area contributed by atoms with Crippen LogP contribution in [0.5, 0.6) is 17.2 Å². The average Bonchev–Trinajstić information content (AvgIpc) is 3.24. The molecule has 2 aromatic heterocycles. The highest BCUT2D eigenvalue weighted by atomic mass is 16.5. The second kappa shape index (κ2) is 9.18. The Balaban J connectivity index is 1.72. The van der Waals surface area contributed by atoms with Crippen LogP contribution in [0.4, 0.5) is 11.6 Å². The van der Waals surface area contributed by atoms with E-state index in [1.54, 1.807) is 21.3 Å². The summed E-state index contributed by atoms with van der Waals surface area (Å²) < 4.78 is 18.6. The van der Waals surface area contributed by atoms with Gasteiger partial charge in [0.2, 0.25) is 11.7 Å². The molecule has 32 heavy (non-hydrogen) atoms. The lowest BCUT2D eigenvalue weighted by molar-refractivity contribution is 0.324. The molecule has 0 N–H and O–H groups in total. The zero-order chi connectivity index (χ0) is 22.7. The zero-order valence-corrected chi connectivity index (χ0v) is 19.1. The van der Waals surface area contributed by atoms with Gasteiger partial charge in [0.05, 0.1) is 27.0 Å². The highest BCUT2D eigenvalue weighted by Gasteiger charge is 2.18. The van der Waals surface area contributed by atoms with Gasteiger partial charge in [-0.25, -0.2) is 4.98 Å².